The Bertz CT molecular complexity index is 267. The van der Waals surface area contributed by atoms with Crippen molar-refractivity contribution in [2.45, 2.75) is 31.9 Å². The van der Waals surface area contributed by atoms with Crippen molar-refractivity contribution in [2.75, 3.05) is 0 Å². The monoisotopic (exact) mass is 177 g/mol. The van der Waals surface area contributed by atoms with Crippen molar-refractivity contribution in [3.8, 4) is 0 Å². The van der Waals surface area contributed by atoms with Crippen LogP contribution in [-0.2, 0) is 10.6 Å². The van der Waals surface area contributed by atoms with Gasteiger partial charge in [0.1, 0.15) is 0 Å². The maximum Gasteiger partial charge on any atom is 0.187 e. The average molecular weight is 177 g/mol. The highest BCUT2D eigenvalue weighted by Crippen LogP contribution is 2.37. The van der Waals surface area contributed by atoms with E-state index in [0.717, 1.165) is 6.42 Å². The van der Waals surface area contributed by atoms with Gasteiger partial charge in [-0.15, -0.1) is 0 Å². The zero-order valence-corrected chi connectivity index (χ0v) is 7.92. The fourth-order valence-electron chi connectivity index (χ4n) is 1.56. The van der Waals surface area contributed by atoms with Gasteiger partial charge in [0.2, 0.25) is 0 Å². The molecule has 0 radical (unpaired) electrons. The molecular formula is C11H15NO. The summed E-state index contributed by atoms with van der Waals surface area (Å²) in [4.78, 5) is 5.33. The van der Waals surface area contributed by atoms with Gasteiger partial charge >= 0.3 is 0 Å². The summed E-state index contributed by atoms with van der Waals surface area (Å²) in [5.74, 6) is 0. The van der Waals surface area contributed by atoms with E-state index in [1.54, 1.807) is 0 Å². The maximum absolute atomic E-state index is 5.33. The van der Waals surface area contributed by atoms with Crippen LogP contribution in [0.25, 0.3) is 0 Å². The molecule has 70 valence electrons. The highest BCUT2D eigenvalue weighted by molar-refractivity contribution is 5.23. The lowest BCUT2D eigenvalue weighted by Crippen LogP contribution is -2.11. The molecular weight excluding hydrogens is 162 g/mol. The van der Waals surface area contributed by atoms with Crippen molar-refractivity contribution in [1.29, 1.82) is 0 Å². The van der Waals surface area contributed by atoms with Gasteiger partial charge in [0.15, 0.2) is 5.72 Å². The molecule has 1 aliphatic rings. The summed E-state index contributed by atoms with van der Waals surface area (Å²) < 4.78 is 0. The summed E-state index contributed by atoms with van der Waals surface area (Å²) in [6, 6.07) is 10.3. The number of nitrogens with one attached hydrogen (secondary N) is 1. The molecule has 13 heavy (non-hydrogen) atoms. The first-order valence-corrected chi connectivity index (χ1v) is 4.88. The summed E-state index contributed by atoms with van der Waals surface area (Å²) in [5.41, 5.74) is 4.08. The van der Waals surface area contributed by atoms with Crippen molar-refractivity contribution < 1.29 is 4.84 Å². The molecule has 0 aromatic heterocycles. The van der Waals surface area contributed by atoms with Crippen molar-refractivity contribution >= 4 is 0 Å². The summed E-state index contributed by atoms with van der Waals surface area (Å²) in [6.45, 7) is 2.20. The molecule has 1 N–H and O–H groups in total. The zero-order chi connectivity index (χ0) is 9.15. The Labute approximate surface area is 78.9 Å². The molecule has 1 fully saturated rings. The van der Waals surface area contributed by atoms with Gasteiger partial charge in [0.25, 0.3) is 0 Å². The third-order valence-electron chi connectivity index (χ3n) is 2.47. The largest absolute Gasteiger partial charge is 0.269 e. The number of hydrogen-bond acceptors (Lipinski definition) is 2. The van der Waals surface area contributed by atoms with Crippen molar-refractivity contribution in [2.24, 2.45) is 0 Å². The lowest BCUT2D eigenvalue weighted by Gasteiger charge is -2.08. The minimum absolute atomic E-state index is 0.155. The summed E-state index contributed by atoms with van der Waals surface area (Å²) in [6.07, 6.45) is 3.47. The van der Waals surface area contributed by atoms with E-state index in [1.165, 1.54) is 18.4 Å². The Morgan fingerprint density at radius 2 is 2.00 bits per heavy atom. The first kappa shape index (κ1) is 8.73. The van der Waals surface area contributed by atoms with Crippen LogP contribution >= 0.6 is 0 Å². The lowest BCUT2D eigenvalue weighted by atomic mass is 10.00. The normalized spacial score (nSPS) is 25.9. The molecule has 2 rings (SSSR count). The van der Waals surface area contributed by atoms with E-state index in [9.17, 15) is 0 Å². The van der Waals surface area contributed by atoms with Crippen LogP contribution < -0.4 is 5.48 Å². The lowest BCUT2D eigenvalue weighted by molar-refractivity contribution is 0.277. The minimum Gasteiger partial charge on any atom is -0.269 e. The second-order valence-corrected chi connectivity index (χ2v) is 3.50. The molecule has 1 atom stereocenters. The standard InChI is InChI=1S/C11H15NO/c1-2-3-9-11(12-13-11)10-7-5-4-6-8-10/h4-8,12H,2-3,9H2,1H3. The Kier molecular flexibility index (Phi) is 2.34. The van der Waals surface area contributed by atoms with E-state index in [-0.39, 0.29) is 5.72 Å². The van der Waals surface area contributed by atoms with Gasteiger partial charge < -0.3 is 0 Å². The smallest absolute Gasteiger partial charge is 0.187 e. The highest BCUT2D eigenvalue weighted by atomic mass is 16.8. The fourth-order valence-corrected chi connectivity index (χ4v) is 1.56. The molecule has 1 aliphatic heterocycles. The Morgan fingerprint density at radius 3 is 2.54 bits per heavy atom. The maximum atomic E-state index is 5.33. The van der Waals surface area contributed by atoms with Gasteiger partial charge in [-0.05, 0) is 12.8 Å². The number of hydrogen-bond donors (Lipinski definition) is 1. The molecule has 0 spiro atoms. The number of benzene rings is 1. The quantitative estimate of drug-likeness (QED) is 0.717. The molecule has 1 unspecified atom stereocenters. The van der Waals surface area contributed by atoms with E-state index in [0.29, 0.717) is 0 Å². The molecule has 0 saturated carbocycles. The number of hydroxylamine groups is 1. The Hall–Kier alpha value is -0.860. The second kappa shape index (κ2) is 3.48. The van der Waals surface area contributed by atoms with E-state index < -0.39 is 0 Å². The van der Waals surface area contributed by atoms with Gasteiger partial charge in [-0.2, -0.15) is 5.48 Å². The molecule has 1 heterocycles. The first-order chi connectivity index (χ1) is 6.37. The summed E-state index contributed by atoms with van der Waals surface area (Å²) >= 11 is 0. The predicted molar refractivity (Wildman–Crippen MR) is 51.9 cm³/mol. The molecule has 0 bridgehead atoms. The van der Waals surface area contributed by atoms with Gasteiger partial charge in [0, 0.05) is 5.56 Å². The van der Waals surface area contributed by atoms with Crippen LogP contribution in [0.2, 0.25) is 0 Å². The molecule has 2 heteroatoms. The van der Waals surface area contributed by atoms with Crippen molar-refractivity contribution in [1.82, 2.24) is 5.48 Å². The van der Waals surface area contributed by atoms with Crippen LogP contribution in [0.3, 0.4) is 0 Å². The second-order valence-electron chi connectivity index (χ2n) is 3.50. The summed E-state index contributed by atoms with van der Waals surface area (Å²) in [7, 11) is 0. The van der Waals surface area contributed by atoms with Crippen molar-refractivity contribution in [3.63, 3.8) is 0 Å². The molecule has 0 aliphatic carbocycles. The molecule has 1 aromatic carbocycles. The van der Waals surface area contributed by atoms with Gasteiger partial charge in [-0.3, -0.25) is 4.84 Å². The first-order valence-electron chi connectivity index (χ1n) is 4.88. The molecule has 1 aromatic rings. The van der Waals surface area contributed by atoms with Crippen LogP contribution in [0, 0.1) is 0 Å². The Balaban J connectivity index is 2.07. The topological polar surface area (TPSA) is 34.5 Å². The van der Waals surface area contributed by atoms with Crippen molar-refractivity contribution in [3.05, 3.63) is 35.9 Å². The summed E-state index contributed by atoms with van der Waals surface area (Å²) in [5, 5.41) is 0. The van der Waals surface area contributed by atoms with E-state index in [1.807, 2.05) is 18.2 Å². The minimum atomic E-state index is -0.155. The third-order valence-corrected chi connectivity index (χ3v) is 2.47. The SMILES string of the molecule is CCCCC1(c2ccccc2)NO1. The molecule has 2 nitrogen and oxygen atoms in total. The van der Waals surface area contributed by atoms with Crippen LogP contribution in [-0.4, -0.2) is 0 Å². The third kappa shape index (κ3) is 1.74. The fraction of sp³-hybridized carbons (Fsp3) is 0.455. The van der Waals surface area contributed by atoms with Crippen LogP contribution in [0.4, 0.5) is 0 Å². The van der Waals surface area contributed by atoms with Gasteiger partial charge in [-0.25, -0.2) is 0 Å². The van der Waals surface area contributed by atoms with E-state index >= 15 is 0 Å². The van der Waals surface area contributed by atoms with Crippen LogP contribution in [0.15, 0.2) is 30.3 Å². The average Bonchev–Trinajstić information content (AvgIpc) is 2.97. The highest BCUT2D eigenvalue weighted by Gasteiger charge is 2.45. The Morgan fingerprint density at radius 1 is 1.31 bits per heavy atom. The van der Waals surface area contributed by atoms with Gasteiger partial charge in [0.05, 0.1) is 0 Å². The zero-order valence-electron chi connectivity index (χ0n) is 7.92. The van der Waals surface area contributed by atoms with E-state index in [2.05, 4.69) is 24.5 Å². The predicted octanol–water partition coefficient (Wildman–Crippen LogP) is 2.56. The van der Waals surface area contributed by atoms with Crippen LogP contribution in [0.5, 0.6) is 0 Å². The van der Waals surface area contributed by atoms with Crippen LogP contribution in [0.1, 0.15) is 31.7 Å². The van der Waals surface area contributed by atoms with E-state index in [4.69, 9.17) is 4.84 Å². The number of rotatable bonds is 4. The van der Waals surface area contributed by atoms with Gasteiger partial charge in [-0.1, -0.05) is 43.7 Å². The molecule has 0 amide bonds. The molecule has 1 saturated heterocycles. The number of unbranched alkanes of at least 4 members (excludes halogenated alkanes) is 1.